The minimum atomic E-state index is -0.659. The highest BCUT2D eigenvalue weighted by atomic mass is 16.5. The maximum absolute atomic E-state index is 13.7. The molecule has 212 valence electrons. The van der Waals surface area contributed by atoms with Gasteiger partial charge in [-0.15, -0.1) is 0 Å². The predicted molar refractivity (Wildman–Crippen MR) is 155 cm³/mol. The number of unbranched alkanes of at least 4 members (excludes halogenated alkanes) is 9. The van der Waals surface area contributed by atoms with E-state index in [1.807, 2.05) is 36.4 Å². The van der Waals surface area contributed by atoms with Crippen LogP contribution >= 0.6 is 0 Å². The number of aromatic nitrogens is 1. The molecule has 0 fully saturated rings. The SMILES string of the molecule is CCCCCCCCCCCCc1cc([C@H](C(=O)Nc2c(OC)cc(OC)cc2OC)c2ccccc2)no1. The number of hydrogen-bond acceptors (Lipinski definition) is 6. The van der Waals surface area contributed by atoms with Crippen LogP contribution in [-0.2, 0) is 11.2 Å². The molecule has 1 amide bonds. The van der Waals surface area contributed by atoms with E-state index in [-0.39, 0.29) is 5.91 Å². The Hall–Kier alpha value is -3.48. The Bertz CT molecular complexity index is 1100. The highest BCUT2D eigenvalue weighted by molar-refractivity contribution is 6.00. The van der Waals surface area contributed by atoms with Crippen molar-refractivity contribution < 1.29 is 23.5 Å². The zero-order chi connectivity index (χ0) is 27.9. The Morgan fingerprint density at radius 2 is 1.41 bits per heavy atom. The van der Waals surface area contributed by atoms with Gasteiger partial charge in [-0.1, -0.05) is 100 Å². The van der Waals surface area contributed by atoms with E-state index in [1.165, 1.54) is 72.0 Å². The van der Waals surface area contributed by atoms with Gasteiger partial charge in [-0.05, 0) is 12.0 Å². The third-order valence-electron chi connectivity index (χ3n) is 7.01. The van der Waals surface area contributed by atoms with E-state index in [0.717, 1.165) is 24.2 Å². The Morgan fingerprint density at radius 1 is 0.821 bits per heavy atom. The summed E-state index contributed by atoms with van der Waals surface area (Å²) in [4.78, 5) is 13.7. The van der Waals surface area contributed by atoms with Gasteiger partial charge in [-0.3, -0.25) is 4.79 Å². The number of carbonyl (C=O) groups excluding carboxylic acids is 1. The summed E-state index contributed by atoms with van der Waals surface area (Å²) in [5.41, 5.74) is 1.83. The molecule has 7 nitrogen and oxygen atoms in total. The number of carbonyl (C=O) groups is 1. The Kier molecular flexibility index (Phi) is 12.7. The maximum atomic E-state index is 13.7. The minimum Gasteiger partial charge on any atom is -0.496 e. The molecule has 0 bridgehead atoms. The molecule has 0 spiro atoms. The zero-order valence-corrected chi connectivity index (χ0v) is 24.0. The van der Waals surface area contributed by atoms with Gasteiger partial charge >= 0.3 is 0 Å². The molecular weight excluding hydrogens is 492 g/mol. The summed E-state index contributed by atoms with van der Waals surface area (Å²) >= 11 is 0. The smallest absolute Gasteiger partial charge is 0.238 e. The lowest BCUT2D eigenvalue weighted by molar-refractivity contribution is -0.116. The number of nitrogens with one attached hydrogen (secondary N) is 1. The molecule has 1 heterocycles. The van der Waals surface area contributed by atoms with Crippen molar-refractivity contribution in [3.8, 4) is 17.2 Å². The van der Waals surface area contributed by atoms with Gasteiger partial charge in [0.2, 0.25) is 5.91 Å². The molecule has 0 aliphatic carbocycles. The van der Waals surface area contributed by atoms with E-state index in [4.69, 9.17) is 18.7 Å². The number of hydrogen-bond donors (Lipinski definition) is 1. The molecule has 1 atom stereocenters. The van der Waals surface area contributed by atoms with Crippen LogP contribution in [0.3, 0.4) is 0 Å². The van der Waals surface area contributed by atoms with Gasteiger partial charge in [0.1, 0.15) is 40.3 Å². The Balaban J connectivity index is 1.65. The van der Waals surface area contributed by atoms with Crippen LogP contribution in [0.4, 0.5) is 5.69 Å². The monoisotopic (exact) mass is 536 g/mol. The van der Waals surface area contributed by atoms with Crippen molar-refractivity contribution >= 4 is 11.6 Å². The van der Waals surface area contributed by atoms with E-state index in [2.05, 4.69) is 17.4 Å². The van der Waals surface area contributed by atoms with Crippen LogP contribution in [0.1, 0.15) is 94.1 Å². The Labute approximate surface area is 233 Å². The number of benzene rings is 2. The number of rotatable bonds is 18. The quantitative estimate of drug-likeness (QED) is 0.166. The minimum absolute atomic E-state index is 0.262. The number of anilines is 1. The molecule has 0 unspecified atom stereocenters. The van der Waals surface area contributed by atoms with Crippen molar-refractivity contribution in [1.29, 1.82) is 0 Å². The van der Waals surface area contributed by atoms with Gasteiger partial charge in [-0.25, -0.2) is 0 Å². The van der Waals surface area contributed by atoms with E-state index >= 15 is 0 Å². The fraction of sp³-hybridized carbons (Fsp3) is 0.500. The van der Waals surface area contributed by atoms with Crippen molar-refractivity contribution in [2.75, 3.05) is 26.6 Å². The number of amides is 1. The third-order valence-corrected chi connectivity index (χ3v) is 7.01. The highest BCUT2D eigenvalue weighted by Gasteiger charge is 2.28. The number of nitrogens with zero attached hydrogens (tertiary/aromatic N) is 1. The van der Waals surface area contributed by atoms with Crippen LogP contribution in [0.2, 0.25) is 0 Å². The summed E-state index contributed by atoms with van der Waals surface area (Å²) in [5, 5.41) is 7.31. The first-order valence-corrected chi connectivity index (χ1v) is 14.2. The molecule has 0 aliphatic rings. The molecule has 0 radical (unpaired) electrons. The van der Waals surface area contributed by atoms with E-state index in [0.29, 0.717) is 28.6 Å². The van der Waals surface area contributed by atoms with Gasteiger partial charge in [0.25, 0.3) is 0 Å². The highest BCUT2D eigenvalue weighted by Crippen LogP contribution is 2.40. The van der Waals surface area contributed by atoms with E-state index < -0.39 is 5.92 Å². The molecule has 0 saturated carbocycles. The summed E-state index contributed by atoms with van der Waals surface area (Å²) < 4.78 is 22.0. The molecule has 1 aromatic heterocycles. The molecule has 0 aliphatic heterocycles. The molecule has 3 rings (SSSR count). The molecule has 0 saturated heterocycles. The zero-order valence-electron chi connectivity index (χ0n) is 24.0. The van der Waals surface area contributed by atoms with Gasteiger partial charge in [0.05, 0.1) is 21.3 Å². The van der Waals surface area contributed by atoms with Gasteiger partial charge in [0, 0.05) is 24.6 Å². The maximum Gasteiger partial charge on any atom is 0.238 e. The van der Waals surface area contributed by atoms with Crippen LogP contribution in [0, 0.1) is 0 Å². The van der Waals surface area contributed by atoms with Crippen molar-refractivity contribution in [1.82, 2.24) is 5.16 Å². The summed E-state index contributed by atoms with van der Waals surface area (Å²) in [6.07, 6.45) is 13.6. The van der Waals surface area contributed by atoms with Crippen molar-refractivity contribution in [2.45, 2.75) is 83.5 Å². The Morgan fingerprint density at radius 3 is 1.97 bits per heavy atom. The first-order valence-electron chi connectivity index (χ1n) is 14.2. The average Bonchev–Trinajstić information content (AvgIpc) is 3.42. The topological polar surface area (TPSA) is 82.8 Å². The van der Waals surface area contributed by atoms with E-state index in [9.17, 15) is 4.79 Å². The van der Waals surface area contributed by atoms with Crippen LogP contribution in [0.25, 0.3) is 0 Å². The van der Waals surface area contributed by atoms with E-state index in [1.54, 1.807) is 19.2 Å². The molecule has 1 N–H and O–H groups in total. The standard InChI is InChI=1S/C32H44N2O5/c1-5-6-7-8-9-10-11-12-13-17-20-25-21-27(34-39-25)30(24-18-15-14-16-19-24)32(35)33-31-28(37-3)22-26(36-2)23-29(31)38-4/h14-16,18-19,21-23,30H,5-13,17,20H2,1-4H3,(H,33,35)/t30-/m1/s1. The van der Waals surface area contributed by atoms with Crippen molar-refractivity contribution in [3.63, 3.8) is 0 Å². The molecule has 2 aromatic carbocycles. The molecule has 3 aromatic rings. The second-order valence-electron chi connectivity index (χ2n) is 9.89. The van der Waals surface area contributed by atoms with Gasteiger partial charge in [-0.2, -0.15) is 0 Å². The second-order valence-corrected chi connectivity index (χ2v) is 9.89. The van der Waals surface area contributed by atoms with Crippen LogP contribution in [0.15, 0.2) is 53.1 Å². The van der Waals surface area contributed by atoms with Crippen LogP contribution in [0.5, 0.6) is 17.2 Å². The fourth-order valence-electron chi connectivity index (χ4n) is 4.80. The number of methoxy groups -OCH3 is 3. The van der Waals surface area contributed by atoms with Crippen molar-refractivity contribution in [2.24, 2.45) is 0 Å². The van der Waals surface area contributed by atoms with Crippen molar-refractivity contribution in [3.05, 3.63) is 65.5 Å². The molecule has 7 heteroatoms. The predicted octanol–water partition coefficient (Wildman–Crippen LogP) is 7.93. The largest absolute Gasteiger partial charge is 0.496 e. The first-order chi connectivity index (χ1) is 19.1. The number of ether oxygens (including phenoxy) is 3. The summed E-state index contributed by atoms with van der Waals surface area (Å²) in [6, 6.07) is 14.9. The summed E-state index contributed by atoms with van der Waals surface area (Å²) in [6.45, 7) is 2.26. The summed E-state index contributed by atoms with van der Waals surface area (Å²) in [5.74, 6) is 1.32. The lowest BCUT2D eigenvalue weighted by Crippen LogP contribution is -2.23. The second kappa shape index (κ2) is 16.5. The first kappa shape index (κ1) is 30.1. The molecule has 39 heavy (non-hydrogen) atoms. The van der Waals surface area contributed by atoms with Crippen LogP contribution in [-0.4, -0.2) is 32.4 Å². The van der Waals surface area contributed by atoms with Gasteiger partial charge < -0.3 is 24.1 Å². The lowest BCUT2D eigenvalue weighted by atomic mass is 9.94. The molecular formula is C32H44N2O5. The number of aryl methyl sites for hydroxylation is 1. The fourth-order valence-corrected chi connectivity index (χ4v) is 4.80. The van der Waals surface area contributed by atoms with Crippen LogP contribution < -0.4 is 19.5 Å². The third kappa shape index (κ3) is 9.05. The van der Waals surface area contributed by atoms with Gasteiger partial charge in [0.15, 0.2) is 0 Å². The average molecular weight is 537 g/mol. The summed E-state index contributed by atoms with van der Waals surface area (Å²) in [7, 11) is 4.64. The normalized spacial score (nSPS) is 11.7. The lowest BCUT2D eigenvalue weighted by Gasteiger charge is -2.19.